The van der Waals surface area contributed by atoms with Crippen LogP contribution in [0.15, 0.2) is 30.7 Å². The number of hydrogen-bond donors (Lipinski definition) is 0. The van der Waals surface area contributed by atoms with Crippen molar-refractivity contribution in [2.75, 3.05) is 13.2 Å². The van der Waals surface area contributed by atoms with Crippen molar-refractivity contribution < 1.29 is 9.47 Å². The molecule has 5 heteroatoms. The van der Waals surface area contributed by atoms with Crippen LogP contribution in [0.5, 0.6) is 11.6 Å². The molecule has 0 aliphatic heterocycles. The molecule has 142 valence electrons. The minimum atomic E-state index is 0.605. The van der Waals surface area contributed by atoms with Gasteiger partial charge < -0.3 is 9.47 Å². The summed E-state index contributed by atoms with van der Waals surface area (Å²) in [6.45, 7) is 5.52. The molecule has 0 N–H and O–H groups in total. The number of aromatic nitrogens is 3. The van der Waals surface area contributed by atoms with Gasteiger partial charge in [0.1, 0.15) is 0 Å². The number of pyridine rings is 1. The maximum Gasteiger partial charge on any atom is 0.213 e. The first-order valence-electron chi connectivity index (χ1n) is 9.87. The third-order valence-electron chi connectivity index (χ3n) is 4.18. The predicted molar refractivity (Wildman–Crippen MR) is 105 cm³/mol. The summed E-state index contributed by atoms with van der Waals surface area (Å²) < 4.78 is 11.1. The molecule has 2 rings (SSSR count). The van der Waals surface area contributed by atoms with Gasteiger partial charge in [0.05, 0.1) is 25.6 Å². The quantitative estimate of drug-likeness (QED) is 0.446. The molecule has 0 atom stereocenters. The van der Waals surface area contributed by atoms with Gasteiger partial charge in [-0.1, -0.05) is 51.9 Å². The predicted octanol–water partition coefficient (Wildman–Crippen LogP) is 5.46. The maximum absolute atomic E-state index is 5.73. The Hall–Kier alpha value is -2.17. The molecule has 5 nitrogen and oxygen atoms in total. The topological polar surface area (TPSA) is 57.1 Å². The minimum absolute atomic E-state index is 0.605. The maximum atomic E-state index is 5.73. The molecular weight excluding hydrogens is 326 g/mol. The lowest BCUT2D eigenvalue weighted by Crippen LogP contribution is -1.99. The van der Waals surface area contributed by atoms with Gasteiger partial charge in [0.25, 0.3) is 0 Å². The van der Waals surface area contributed by atoms with Crippen LogP contribution < -0.4 is 9.47 Å². The Labute approximate surface area is 157 Å². The van der Waals surface area contributed by atoms with Gasteiger partial charge in [0, 0.05) is 17.8 Å². The Morgan fingerprint density at radius 3 is 2.04 bits per heavy atom. The molecule has 0 fully saturated rings. The first-order valence-corrected chi connectivity index (χ1v) is 9.87. The average Bonchev–Trinajstić information content (AvgIpc) is 2.68. The molecule has 0 saturated heterocycles. The van der Waals surface area contributed by atoms with Gasteiger partial charge in [0.2, 0.25) is 5.88 Å². The van der Waals surface area contributed by atoms with Gasteiger partial charge in [0.15, 0.2) is 11.6 Å². The van der Waals surface area contributed by atoms with Gasteiger partial charge in [-0.2, -0.15) is 0 Å². The van der Waals surface area contributed by atoms with Crippen LogP contribution >= 0.6 is 0 Å². The standard InChI is InChI=1S/C21H31N3O2/c1-3-5-6-7-8-9-10-11-14-26-19-16-23-21(24-17-19)18-12-13-20(22-15-18)25-4-2/h12-13,15-17H,3-11,14H2,1-2H3. The van der Waals surface area contributed by atoms with E-state index in [1.165, 1.54) is 44.9 Å². The molecule has 0 bridgehead atoms. The van der Waals surface area contributed by atoms with Crippen molar-refractivity contribution in [3.8, 4) is 23.0 Å². The molecule has 0 amide bonds. The van der Waals surface area contributed by atoms with Gasteiger partial charge in [-0.05, 0) is 19.4 Å². The Balaban J connectivity index is 1.66. The van der Waals surface area contributed by atoms with E-state index < -0.39 is 0 Å². The fourth-order valence-electron chi connectivity index (χ4n) is 2.71. The van der Waals surface area contributed by atoms with Crippen LogP contribution in [0, 0.1) is 0 Å². The van der Waals surface area contributed by atoms with E-state index in [4.69, 9.17) is 9.47 Å². The molecule has 2 aromatic heterocycles. The summed E-state index contributed by atoms with van der Waals surface area (Å²) in [5, 5.41) is 0. The normalized spacial score (nSPS) is 10.7. The fraction of sp³-hybridized carbons (Fsp3) is 0.571. The van der Waals surface area contributed by atoms with E-state index >= 15 is 0 Å². The lowest BCUT2D eigenvalue weighted by molar-refractivity contribution is 0.302. The Kier molecular flexibility index (Phi) is 9.47. The van der Waals surface area contributed by atoms with Crippen molar-refractivity contribution in [1.82, 2.24) is 15.0 Å². The number of ether oxygens (including phenoxy) is 2. The molecule has 0 radical (unpaired) electrons. The molecule has 0 aliphatic rings. The second-order valence-electron chi connectivity index (χ2n) is 6.38. The molecule has 2 heterocycles. The Morgan fingerprint density at radius 1 is 0.731 bits per heavy atom. The number of unbranched alkanes of at least 4 members (excludes halogenated alkanes) is 7. The smallest absolute Gasteiger partial charge is 0.213 e. The van der Waals surface area contributed by atoms with Crippen LogP contribution in [0.2, 0.25) is 0 Å². The molecular formula is C21H31N3O2. The van der Waals surface area contributed by atoms with E-state index in [1.54, 1.807) is 18.6 Å². The monoisotopic (exact) mass is 357 g/mol. The van der Waals surface area contributed by atoms with E-state index in [-0.39, 0.29) is 0 Å². The van der Waals surface area contributed by atoms with E-state index in [2.05, 4.69) is 21.9 Å². The van der Waals surface area contributed by atoms with Crippen molar-refractivity contribution in [2.24, 2.45) is 0 Å². The summed E-state index contributed by atoms with van der Waals surface area (Å²) in [4.78, 5) is 13.0. The number of hydrogen-bond acceptors (Lipinski definition) is 5. The SMILES string of the molecule is CCCCCCCCCCOc1cnc(-c2ccc(OCC)nc2)nc1. The van der Waals surface area contributed by atoms with Crippen LogP contribution in [-0.4, -0.2) is 28.2 Å². The molecule has 26 heavy (non-hydrogen) atoms. The van der Waals surface area contributed by atoms with E-state index in [0.717, 1.165) is 24.3 Å². The molecule has 2 aromatic rings. The summed E-state index contributed by atoms with van der Waals surface area (Å²) in [5.41, 5.74) is 0.864. The van der Waals surface area contributed by atoms with Crippen molar-refractivity contribution in [1.29, 1.82) is 0 Å². The third kappa shape index (κ3) is 7.38. The van der Waals surface area contributed by atoms with Gasteiger partial charge in [-0.25, -0.2) is 15.0 Å². The molecule has 0 saturated carbocycles. The van der Waals surface area contributed by atoms with Crippen molar-refractivity contribution in [2.45, 2.75) is 65.2 Å². The fourth-order valence-corrected chi connectivity index (χ4v) is 2.71. The zero-order valence-electron chi connectivity index (χ0n) is 16.1. The first-order chi connectivity index (χ1) is 12.8. The largest absolute Gasteiger partial charge is 0.490 e. The number of rotatable bonds is 13. The Bertz CT molecular complexity index is 600. The van der Waals surface area contributed by atoms with Crippen LogP contribution in [0.25, 0.3) is 11.4 Å². The second-order valence-corrected chi connectivity index (χ2v) is 6.38. The van der Waals surface area contributed by atoms with Crippen LogP contribution in [-0.2, 0) is 0 Å². The summed E-state index contributed by atoms with van der Waals surface area (Å²) in [6, 6.07) is 3.74. The highest BCUT2D eigenvalue weighted by atomic mass is 16.5. The zero-order valence-corrected chi connectivity index (χ0v) is 16.1. The van der Waals surface area contributed by atoms with Gasteiger partial charge in [-0.15, -0.1) is 0 Å². The third-order valence-corrected chi connectivity index (χ3v) is 4.18. The molecule has 0 unspecified atom stereocenters. The highest BCUT2D eigenvalue weighted by Gasteiger charge is 2.04. The summed E-state index contributed by atoms with van der Waals surface area (Å²) in [6.07, 6.45) is 15.5. The van der Waals surface area contributed by atoms with Crippen molar-refractivity contribution in [3.63, 3.8) is 0 Å². The lowest BCUT2D eigenvalue weighted by Gasteiger charge is -2.07. The van der Waals surface area contributed by atoms with E-state index in [1.807, 2.05) is 19.1 Å². The molecule has 0 spiro atoms. The van der Waals surface area contributed by atoms with Crippen molar-refractivity contribution >= 4 is 0 Å². The molecule has 0 aliphatic carbocycles. The van der Waals surface area contributed by atoms with E-state index in [9.17, 15) is 0 Å². The average molecular weight is 357 g/mol. The summed E-state index contributed by atoms with van der Waals surface area (Å²) >= 11 is 0. The highest BCUT2D eigenvalue weighted by Crippen LogP contribution is 2.18. The lowest BCUT2D eigenvalue weighted by atomic mass is 10.1. The van der Waals surface area contributed by atoms with Crippen LogP contribution in [0.3, 0.4) is 0 Å². The summed E-state index contributed by atoms with van der Waals surface area (Å²) in [5.74, 6) is 1.97. The minimum Gasteiger partial charge on any atom is -0.490 e. The van der Waals surface area contributed by atoms with Crippen LogP contribution in [0.1, 0.15) is 65.2 Å². The zero-order chi connectivity index (χ0) is 18.5. The van der Waals surface area contributed by atoms with E-state index in [0.29, 0.717) is 18.3 Å². The summed E-state index contributed by atoms with van der Waals surface area (Å²) in [7, 11) is 0. The van der Waals surface area contributed by atoms with Gasteiger partial charge >= 0.3 is 0 Å². The second kappa shape index (κ2) is 12.2. The molecule has 0 aromatic carbocycles. The van der Waals surface area contributed by atoms with Crippen molar-refractivity contribution in [3.05, 3.63) is 30.7 Å². The first kappa shape index (κ1) is 20.1. The number of nitrogens with zero attached hydrogens (tertiary/aromatic N) is 3. The Morgan fingerprint density at radius 2 is 1.42 bits per heavy atom. The highest BCUT2D eigenvalue weighted by molar-refractivity contribution is 5.53. The van der Waals surface area contributed by atoms with Crippen LogP contribution in [0.4, 0.5) is 0 Å². The van der Waals surface area contributed by atoms with Gasteiger partial charge in [-0.3, -0.25) is 0 Å².